The van der Waals surface area contributed by atoms with Gasteiger partial charge in [0.1, 0.15) is 0 Å². The molecule has 26 heavy (non-hydrogen) atoms. The summed E-state index contributed by atoms with van der Waals surface area (Å²) in [5, 5.41) is 10.1. The SMILES string of the molecule is CC(C)CC(=O)Nc1ccc(NC(=O)CCNC(=O)c2cccs2)cc1. The summed E-state index contributed by atoms with van der Waals surface area (Å²) in [5.74, 6) is -0.0884. The number of hydrogen-bond donors (Lipinski definition) is 3. The summed E-state index contributed by atoms with van der Waals surface area (Å²) >= 11 is 1.36. The third kappa shape index (κ3) is 6.68. The first kappa shape index (κ1) is 19.7. The van der Waals surface area contributed by atoms with Crippen molar-refractivity contribution in [1.82, 2.24) is 5.32 Å². The van der Waals surface area contributed by atoms with E-state index in [1.807, 2.05) is 19.2 Å². The van der Waals surface area contributed by atoms with Gasteiger partial charge in [-0.2, -0.15) is 0 Å². The molecule has 0 atom stereocenters. The molecular formula is C19H23N3O3S. The molecule has 6 nitrogen and oxygen atoms in total. The molecule has 0 unspecified atom stereocenters. The second kappa shape index (κ2) is 9.72. The number of nitrogens with one attached hydrogen (secondary N) is 3. The molecule has 0 saturated heterocycles. The molecular weight excluding hydrogens is 350 g/mol. The average Bonchev–Trinajstić information content (AvgIpc) is 3.10. The molecule has 0 fully saturated rings. The Balaban J connectivity index is 1.73. The Morgan fingerprint density at radius 1 is 0.962 bits per heavy atom. The summed E-state index contributed by atoms with van der Waals surface area (Å²) in [5.41, 5.74) is 1.33. The molecule has 1 aromatic heterocycles. The molecule has 0 radical (unpaired) electrons. The molecule has 7 heteroatoms. The maximum atomic E-state index is 11.9. The van der Waals surface area contributed by atoms with E-state index in [4.69, 9.17) is 0 Å². The van der Waals surface area contributed by atoms with E-state index in [0.29, 0.717) is 28.6 Å². The van der Waals surface area contributed by atoms with Crippen LogP contribution in [0.5, 0.6) is 0 Å². The minimum atomic E-state index is -0.187. The van der Waals surface area contributed by atoms with Crippen LogP contribution in [0.1, 0.15) is 36.4 Å². The Kier molecular flexibility index (Phi) is 7.35. The third-order valence-electron chi connectivity index (χ3n) is 3.43. The van der Waals surface area contributed by atoms with Gasteiger partial charge >= 0.3 is 0 Å². The highest BCUT2D eigenvalue weighted by Gasteiger charge is 2.08. The third-order valence-corrected chi connectivity index (χ3v) is 4.30. The Labute approximate surface area is 157 Å². The number of carbonyl (C=O) groups excluding carboxylic acids is 3. The van der Waals surface area contributed by atoms with Crippen LogP contribution < -0.4 is 16.0 Å². The molecule has 3 amide bonds. The smallest absolute Gasteiger partial charge is 0.261 e. The van der Waals surface area contributed by atoms with E-state index in [0.717, 1.165) is 0 Å². The Bertz CT molecular complexity index is 740. The van der Waals surface area contributed by atoms with Crippen LogP contribution in [0.15, 0.2) is 41.8 Å². The number of thiophene rings is 1. The van der Waals surface area contributed by atoms with E-state index < -0.39 is 0 Å². The molecule has 0 aliphatic carbocycles. The van der Waals surface area contributed by atoms with Gasteiger partial charge in [-0.1, -0.05) is 19.9 Å². The maximum Gasteiger partial charge on any atom is 0.261 e. The predicted molar refractivity (Wildman–Crippen MR) is 104 cm³/mol. The van der Waals surface area contributed by atoms with E-state index in [2.05, 4.69) is 16.0 Å². The number of anilines is 2. The van der Waals surface area contributed by atoms with E-state index >= 15 is 0 Å². The van der Waals surface area contributed by atoms with Gasteiger partial charge in [-0.05, 0) is 41.6 Å². The van der Waals surface area contributed by atoms with Crippen LogP contribution in [0.2, 0.25) is 0 Å². The quantitative estimate of drug-likeness (QED) is 0.662. The predicted octanol–water partition coefficient (Wildman–Crippen LogP) is 3.49. The topological polar surface area (TPSA) is 87.3 Å². The molecule has 0 bridgehead atoms. The van der Waals surface area contributed by atoms with Crippen molar-refractivity contribution in [2.24, 2.45) is 5.92 Å². The highest BCUT2D eigenvalue weighted by atomic mass is 32.1. The van der Waals surface area contributed by atoms with Crippen molar-refractivity contribution in [2.45, 2.75) is 26.7 Å². The summed E-state index contributed by atoms with van der Waals surface area (Å²) < 4.78 is 0. The fraction of sp³-hybridized carbons (Fsp3) is 0.316. The lowest BCUT2D eigenvalue weighted by molar-refractivity contribution is -0.117. The normalized spacial score (nSPS) is 10.4. The van der Waals surface area contributed by atoms with Crippen LogP contribution >= 0.6 is 11.3 Å². The van der Waals surface area contributed by atoms with Crippen molar-refractivity contribution in [3.05, 3.63) is 46.7 Å². The van der Waals surface area contributed by atoms with Gasteiger partial charge in [0, 0.05) is 30.8 Å². The summed E-state index contributed by atoms with van der Waals surface area (Å²) in [6.45, 7) is 4.24. The van der Waals surface area contributed by atoms with E-state index in [1.165, 1.54) is 11.3 Å². The van der Waals surface area contributed by atoms with Crippen molar-refractivity contribution in [1.29, 1.82) is 0 Å². The van der Waals surface area contributed by atoms with E-state index in [-0.39, 0.29) is 30.7 Å². The highest BCUT2D eigenvalue weighted by Crippen LogP contribution is 2.15. The van der Waals surface area contributed by atoms with Gasteiger partial charge in [0.05, 0.1) is 4.88 Å². The zero-order valence-electron chi connectivity index (χ0n) is 14.9. The summed E-state index contributed by atoms with van der Waals surface area (Å²) in [6.07, 6.45) is 0.652. The van der Waals surface area contributed by atoms with Crippen LogP contribution in [0.3, 0.4) is 0 Å². The maximum absolute atomic E-state index is 11.9. The van der Waals surface area contributed by atoms with Gasteiger partial charge in [-0.3, -0.25) is 14.4 Å². The van der Waals surface area contributed by atoms with Crippen molar-refractivity contribution in [3.63, 3.8) is 0 Å². The Morgan fingerprint density at radius 3 is 2.12 bits per heavy atom. The zero-order valence-corrected chi connectivity index (χ0v) is 15.7. The van der Waals surface area contributed by atoms with Gasteiger partial charge in [-0.25, -0.2) is 0 Å². The van der Waals surface area contributed by atoms with Crippen molar-refractivity contribution in [3.8, 4) is 0 Å². The number of amides is 3. The summed E-state index contributed by atoms with van der Waals surface area (Å²) in [4.78, 5) is 36.1. The molecule has 2 rings (SSSR count). The van der Waals surface area contributed by atoms with Crippen molar-refractivity contribution >= 4 is 40.4 Å². The van der Waals surface area contributed by atoms with E-state index in [9.17, 15) is 14.4 Å². The minimum absolute atomic E-state index is 0.0294. The second-order valence-corrected chi connectivity index (χ2v) is 7.20. The lowest BCUT2D eigenvalue weighted by atomic mass is 10.1. The largest absolute Gasteiger partial charge is 0.351 e. The van der Waals surface area contributed by atoms with Gasteiger partial charge in [0.25, 0.3) is 5.91 Å². The van der Waals surface area contributed by atoms with Gasteiger partial charge in [-0.15, -0.1) is 11.3 Å². The van der Waals surface area contributed by atoms with Gasteiger partial charge < -0.3 is 16.0 Å². The number of hydrogen-bond acceptors (Lipinski definition) is 4. The summed E-state index contributed by atoms with van der Waals surface area (Å²) in [6, 6.07) is 10.5. The molecule has 3 N–H and O–H groups in total. The fourth-order valence-electron chi connectivity index (χ4n) is 2.23. The molecule has 1 heterocycles. The average molecular weight is 373 g/mol. The molecule has 0 saturated carbocycles. The Morgan fingerprint density at radius 2 is 1.58 bits per heavy atom. The van der Waals surface area contributed by atoms with Crippen molar-refractivity contribution in [2.75, 3.05) is 17.2 Å². The standard InChI is InChI=1S/C19H23N3O3S/c1-13(2)12-18(24)22-15-7-5-14(6-8-15)21-17(23)9-10-20-19(25)16-4-3-11-26-16/h3-8,11,13H,9-10,12H2,1-2H3,(H,20,25)(H,21,23)(H,22,24). The molecule has 0 aliphatic heterocycles. The Hall–Kier alpha value is -2.67. The van der Waals surface area contributed by atoms with Crippen LogP contribution in [-0.4, -0.2) is 24.3 Å². The molecule has 138 valence electrons. The second-order valence-electron chi connectivity index (χ2n) is 6.25. The lowest BCUT2D eigenvalue weighted by Gasteiger charge is -2.09. The molecule has 1 aromatic carbocycles. The number of rotatable bonds is 8. The minimum Gasteiger partial charge on any atom is -0.351 e. The van der Waals surface area contributed by atoms with Gasteiger partial charge in [0.15, 0.2) is 0 Å². The van der Waals surface area contributed by atoms with Crippen molar-refractivity contribution < 1.29 is 14.4 Å². The van der Waals surface area contributed by atoms with Crippen LogP contribution in [0.4, 0.5) is 11.4 Å². The molecule has 0 aliphatic rings. The molecule has 2 aromatic rings. The van der Waals surface area contributed by atoms with Crippen LogP contribution in [-0.2, 0) is 9.59 Å². The first-order valence-electron chi connectivity index (χ1n) is 8.45. The van der Waals surface area contributed by atoms with Crippen LogP contribution in [0, 0.1) is 5.92 Å². The number of benzene rings is 1. The van der Waals surface area contributed by atoms with Crippen LogP contribution in [0.25, 0.3) is 0 Å². The fourth-order valence-corrected chi connectivity index (χ4v) is 2.87. The first-order chi connectivity index (χ1) is 12.4. The first-order valence-corrected chi connectivity index (χ1v) is 9.33. The highest BCUT2D eigenvalue weighted by molar-refractivity contribution is 7.12. The number of carbonyl (C=O) groups is 3. The molecule has 0 spiro atoms. The van der Waals surface area contributed by atoms with Gasteiger partial charge in [0.2, 0.25) is 11.8 Å². The zero-order chi connectivity index (χ0) is 18.9. The summed E-state index contributed by atoms with van der Waals surface area (Å²) in [7, 11) is 0. The lowest BCUT2D eigenvalue weighted by Crippen LogP contribution is -2.27. The van der Waals surface area contributed by atoms with E-state index in [1.54, 1.807) is 36.4 Å². The monoisotopic (exact) mass is 373 g/mol.